The lowest BCUT2D eigenvalue weighted by molar-refractivity contribution is 0.340. The monoisotopic (exact) mass is 610 g/mol. The Labute approximate surface area is 224 Å². The van der Waals surface area contributed by atoms with Crippen LogP contribution in [0.25, 0.3) is 27.7 Å². The number of hydrogen-bond donors (Lipinski definition) is 2. The molecule has 3 N–H and O–H groups in total. The molecule has 36 heavy (non-hydrogen) atoms. The van der Waals surface area contributed by atoms with Crippen LogP contribution >= 0.6 is 31.9 Å². The van der Waals surface area contributed by atoms with Crippen LogP contribution in [0.5, 0.6) is 0 Å². The summed E-state index contributed by atoms with van der Waals surface area (Å²) in [6, 6.07) is 10.9. The maximum absolute atomic E-state index is 12.9. The van der Waals surface area contributed by atoms with Crippen molar-refractivity contribution in [1.82, 2.24) is 24.9 Å². The number of H-pyrrole nitrogens is 1. The molecular formula is C26H21Br2FN6O. The van der Waals surface area contributed by atoms with Gasteiger partial charge in [0.2, 0.25) is 5.95 Å². The Morgan fingerprint density at radius 2 is 1.75 bits per heavy atom. The van der Waals surface area contributed by atoms with Crippen molar-refractivity contribution in [2.75, 3.05) is 12.8 Å². The molecule has 0 atom stereocenters. The third-order valence-corrected chi connectivity index (χ3v) is 6.04. The van der Waals surface area contributed by atoms with Gasteiger partial charge in [0, 0.05) is 78.8 Å². The summed E-state index contributed by atoms with van der Waals surface area (Å²) < 4.78 is 19.7. The summed E-state index contributed by atoms with van der Waals surface area (Å²) in [5.41, 5.74) is 12.1. The van der Waals surface area contributed by atoms with Crippen LogP contribution in [0.3, 0.4) is 0 Å². The molecule has 0 aliphatic carbocycles. The molecule has 0 saturated heterocycles. The second-order valence-electron chi connectivity index (χ2n) is 7.66. The van der Waals surface area contributed by atoms with E-state index in [1.807, 2.05) is 31.5 Å². The number of halogens is 3. The first-order chi connectivity index (χ1) is 17.4. The molecule has 0 aliphatic heterocycles. The highest BCUT2D eigenvalue weighted by Crippen LogP contribution is 2.30. The summed E-state index contributed by atoms with van der Waals surface area (Å²) in [4.78, 5) is 19.5. The minimum Gasteiger partial charge on any atom is -0.504 e. The van der Waals surface area contributed by atoms with Crippen LogP contribution in [0.2, 0.25) is 0 Å². The molecule has 0 spiro atoms. The van der Waals surface area contributed by atoms with Gasteiger partial charge in [-0.1, -0.05) is 6.07 Å². The fourth-order valence-electron chi connectivity index (χ4n) is 3.45. The van der Waals surface area contributed by atoms with E-state index in [9.17, 15) is 4.39 Å². The second kappa shape index (κ2) is 11.4. The number of nitrogens with one attached hydrogen (secondary N) is 1. The summed E-state index contributed by atoms with van der Waals surface area (Å²) >= 11 is 6.78. The highest BCUT2D eigenvalue weighted by Gasteiger charge is 2.12. The van der Waals surface area contributed by atoms with Crippen molar-refractivity contribution in [2.24, 2.45) is 0 Å². The minimum atomic E-state index is -0.541. The zero-order valence-electron chi connectivity index (χ0n) is 19.3. The number of nitrogens with two attached hydrogens (primary N) is 1. The van der Waals surface area contributed by atoms with Crippen molar-refractivity contribution in [3.8, 4) is 11.1 Å². The lowest BCUT2D eigenvalue weighted by atomic mass is 10.0. The molecule has 5 aromatic rings. The number of nitrogens with zero attached hydrogens (tertiary/aromatic N) is 4. The van der Waals surface area contributed by atoms with Crippen molar-refractivity contribution in [1.29, 1.82) is 0 Å². The van der Waals surface area contributed by atoms with Crippen molar-refractivity contribution >= 4 is 54.3 Å². The standard InChI is InChI=1S/C13H11BrFN3O.C13H10BrN3/c1-19-7-11(8-2-3-12(15)17-5-8)10-4-9(14)6-18-13(10)16;1-8-2-3-9(5-15-8)12-7-17-13-11(12)4-10(14)6-16-13/h2-7H,1H3,(H2,16,18);2-7H,1H3,(H,16,17). The molecule has 5 aromatic heterocycles. The fourth-order valence-corrected chi connectivity index (χ4v) is 4.11. The number of nitrogen functional groups attached to an aromatic ring is 1. The average Bonchev–Trinajstić information content (AvgIpc) is 3.29. The van der Waals surface area contributed by atoms with E-state index in [4.69, 9.17) is 10.5 Å². The third kappa shape index (κ3) is 5.95. The van der Waals surface area contributed by atoms with Crippen molar-refractivity contribution in [2.45, 2.75) is 6.92 Å². The lowest BCUT2D eigenvalue weighted by Gasteiger charge is -2.10. The molecule has 5 heterocycles. The Morgan fingerprint density at radius 3 is 2.44 bits per heavy atom. The molecule has 0 amide bonds. The summed E-state index contributed by atoms with van der Waals surface area (Å²) in [7, 11) is 1.53. The Kier molecular flexibility index (Phi) is 8.07. The molecular weight excluding hydrogens is 591 g/mol. The van der Waals surface area contributed by atoms with Crippen LogP contribution in [-0.4, -0.2) is 32.0 Å². The number of aromatic amines is 1. The van der Waals surface area contributed by atoms with Gasteiger partial charge in [-0.3, -0.25) is 4.98 Å². The number of fused-ring (bicyclic) bond motifs is 1. The summed E-state index contributed by atoms with van der Waals surface area (Å²) in [5, 5.41) is 1.10. The van der Waals surface area contributed by atoms with Gasteiger partial charge in [-0.25, -0.2) is 15.0 Å². The van der Waals surface area contributed by atoms with Crippen LogP contribution < -0.4 is 5.73 Å². The van der Waals surface area contributed by atoms with Gasteiger partial charge in [-0.15, -0.1) is 0 Å². The molecule has 0 fully saturated rings. The van der Waals surface area contributed by atoms with Crippen LogP contribution in [0, 0.1) is 12.9 Å². The van der Waals surface area contributed by atoms with Crippen LogP contribution in [0.15, 0.2) is 82.6 Å². The van der Waals surface area contributed by atoms with Crippen LogP contribution in [-0.2, 0) is 4.74 Å². The molecule has 182 valence electrons. The van der Waals surface area contributed by atoms with Crippen molar-refractivity contribution in [3.63, 3.8) is 0 Å². The first kappa shape index (κ1) is 25.5. The number of rotatable bonds is 4. The van der Waals surface area contributed by atoms with Gasteiger partial charge in [-0.2, -0.15) is 4.39 Å². The Bertz CT molecular complexity index is 1520. The Hall–Kier alpha value is -3.63. The number of pyridine rings is 4. The maximum atomic E-state index is 12.9. The zero-order valence-corrected chi connectivity index (χ0v) is 22.5. The Balaban J connectivity index is 0.000000170. The number of ether oxygens (including phenoxy) is 1. The molecule has 5 rings (SSSR count). The molecule has 7 nitrogen and oxygen atoms in total. The summed E-state index contributed by atoms with van der Waals surface area (Å²) in [6.45, 7) is 1.98. The van der Waals surface area contributed by atoms with Gasteiger partial charge >= 0.3 is 0 Å². The van der Waals surface area contributed by atoms with E-state index in [1.165, 1.54) is 25.6 Å². The van der Waals surface area contributed by atoms with Crippen molar-refractivity contribution in [3.05, 3.63) is 105 Å². The van der Waals surface area contributed by atoms with Gasteiger partial charge in [0.15, 0.2) is 0 Å². The molecule has 0 aliphatic rings. The zero-order chi connectivity index (χ0) is 25.7. The van der Waals surface area contributed by atoms with Gasteiger partial charge in [0.05, 0.1) is 13.4 Å². The van der Waals surface area contributed by atoms with E-state index < -0.39 is 5.95 Å². The molecule has 0 saturated carbocycles. The predicted octanol–water partition coefficient (Wildman–Crippen LogP) is 6.69. The maximum Gasteiger partial charge on any atom is 0.212 e. The highest BCUT2D eigenvalue weighted by molar-refractivity contribution is 9.10. The van der Waals surface area contributed by atoms with Gasteiger partial charge < -0.3 is 15.5 Å². The van der Waals surface area contributed by atoms with E-state index in [0.29, 0.717) is 22.5 Å². The van der Waals surface area contributed by atoms with Crippen molar-refractivity contribution < 1.29 is 9.13 Å². The number of hydrogen-bond acceptors (Lipinski definition) is 6. The van der Waals surface area contributed by atoms with E-state index in [0.717, 1.165) is 36.8 Å². The molecule has 10 heteroatoms. The quantitative estimate of drug-likeness (QED) is 0.173. The predicted molar refractivity (Wildman–Crippen MR) is 146 cm³/mol. The van der Waals surface area contributed by atoms with E-state index in [2.05, 4.69) is 68.9 Å². The highest BCUT2D eigenvalue weighted by atomic mass is 79.9. The van der Waals surface area contributed by atoms with Gasteiger partial charge in [0.25, 0.3) is 0 Å². The smallest absolute Gasteiger partial charge is 0.212 e. The number of anilines is 1. The lowest BCUT2D eigenvalue weighted by Crippen LogP contribution is -1.99. The average molecular weight is 612 g/mol. The second-order valence-corrected chi connectivity index (χ2v) is 9.49. The topological polar surface area (TPSA) is 103 Å². The van der Waals surface area contributed by atoms with E-state index >= 15 is 0 Å². The van der Waals surface area contributed by atoms with Crippen LogP contribution in [0.4, 0.5) is 10.2 Å². The summed E-state index contributed by atoms with van der Waals surface area (Å²) in [5.74, 6) is -0.184. The van der Waals surface area contributed by atoms with Gasteiger partial charge in [-0.05, 0) is 69.1 Å². The minimum absolute atomic E-state index is 0.357. The normalized spacial score (nSPS) is 11.2. The number of methoxy groups -OCH3 is 1. The SMILES string of the molecule is COC=C(c1ccc(F)nc1)c1cc(Br)cnc1N.Cc1ccc(-c2c[nH]c3ncc(Br)cc23)cn1. The molecule has 0 bridgehead atoms. The number of aromatic nitrogens is 5. The number of aryl methyl sites for hydroxylation is 1. The fraction of sp³-hybridized carbons (Fsp3) is 0.0769. The largest absolute Gasteiger partial charge is 0.504 e. The Morgan fingerprint density at radius 1 is 0.972 bits per heavy atom. The van der Waals surface area contributed by atoms with E-state index in [-0.39, 0.29) is 0 Å². The third-order valence-electron chi connectivity index (χ3n) is 5.17. The van der Waals surface area contributed by atoms with Gasteiger partial charge in [0.1, 0.15) is 11.5 Å². The van der Waals surface area contributed by atoms with Crippen LogP contribution in [0.1, 0.15) is 16.8 Å². The molecule has 0 unspecified atom stereocenters. The molecule has 0 aromatic carbocycles. The molecule has 0 radical (unpaired) electrons. The van der Waals surface area contributed by atoms with E-state index in [1.54, 1.807) is 18.5 Å². The first-order valence-electron chi connectivity index (χ1n) is 10.7. The first-order valence-corrected chi connectivity index (χ1v) is 12.3. The summed E-state index contributed by atoms with van der Waals surface area (Å²) in [6.07, 6.45) is 10.2.